The van der Waals surface area contributed by atoms with E-state index in [-0.39, 0.29) is 11.7 Å². The summed E-state index contributed by atoms with van der Waals surface area (Å²) >= 11 is 0. The summed E-state index contributed by atoms with van der Waals surface area (Å²) in [5.74, 6) is 0. The molecule has 30 heavy (non-hydrogen) atoms. The number of allylic oxidation sites excluding steroid dienone is 1. The smallest absolute Gasteiger partial charge is 0.280 e. The molecule has 2 aromatic heterocycles. The van der Waals surface area contributed by atoms with Crippen LogP contribution in [0.5, 0.6) is 0 Å². The molecule has 0 amide bonds. The summed E-state index contributed by atoms with van der Waals surface area (Å²) in [5, 5.41) is 13.2. The zero-order chi connectivity index (χ0) is 20.7. The number of H-pyrrole nitrogens is 1. The molecule has 0 saturated carbocycles. The summed E-state index contributed by atoms with van der Waals surface area (Å²) in [6.45, 7) is 1.90. The van der Waals surface area contributed by atoms with Gasteiger partial charge < -0.3 is 5.11 Å². The number of benzene rings is 2. The molecule has 2 aromatic carbocycles. The molecule has 0 fully saturated rings. The highest BCUT2D eigenvalue weighted by atomic mass is 16.3. The lowest BCUT2D eigenvalue weighted by atomic mass is 9.92. The highest BCUT2D eigenvalue weighted by molar-refractivity contribution is 5.90. The van der Waals surface area contributed by atoms with Crippen molar-refractivity contribution in [2.75, 3.05) is 0 Å². The van der Waals surface area contributed by atoms with E-state index >= 15 is 0 Å². The SMILES string of the molecule is Cc1nc2c(-c3ccccc3)c(-c3ccccc3)[nH]n2c(=O)c1C1=CCC(O)CC1. The predicted octanol–water partition coefficient (Wildman–Crippen LogP) is 4.59. The van der Waals surface area contributed by atoms with Gasteiger partial charge in [0.15, 0.2) is 5.65 Å². The number of aromatic nitrogens is 3. The molecule has 0 radical (unpaired) electrons. The first-order valence-electron chi connectivity index (χ1n) is 10.3. The Balaban J connectivity index is 1.81. The zero-order valence-electron chi connectivity index (χ0n) is 16.8. The Morgan fingerprint density at radius 1 is 1.00 bits per heavy atom. The van der Waals surface area contributed by atoms with E-state index in [9.17, 15) is 9.90 Å². The number of aromatic amines is 1. The quantitative estimate of drug-likeness (QED) is 0.531. The van der Waals surface area contributed by atoms with E-state index in [1.54, 1.807) is 4.52 Å². The van der Waals surface area contributed by atoms with Crippen LogP contribution in [0.4, 0.5) is 0 Å². The number of aliphatic hydroxyl groups excluding tert-OH is 1. The molecule has 5 heteroatoms. The Labute approximate surface area is 174 Å². The summed E-state index contributed by atoms with van der Waals surface area (Å²) in [7, 11) is 0. The van der Waals surface area contributed by atoms with E-state index in [1.807, 2.05) is 73.7 Å². The van der Waals surface area contributed by atoms with E-state index in [1.165, 1.54) is 0 Å². The summed E-state index contributed by atoms with van der Waals surface area (Å²) < 4.78 is 1.57. The number of fused-ring (bicyclic) bond motifs is 1. The standard InChI is InChI=1S/C25H23N3O2/c1-16-21(18-12-14-20(29)15-13-18)25(30)28-24(26-16)22(17-8-4-2-5-9-17)23(27-28)19-10-6-3-7-11-19/h2-12,20,27,29H,13-15H2,1H3. The van der Waals surface area contributed by atoms with Crippen LogP contribution in [0.25, 0.3) is 33.6 Å². The minimum atomic E-state index is -0.326. The van der Waals surface area contributed by atoms with E-state index in [2.05, 4.69) is 5.10 Å². The van der Waals surface area contributed by atoms with Crippen LogP contribution < -0.4 is 5.56 Å². The summed E-state index contributed by atoms with van der Waals surface area (Å²) in [5.41, 5.74) is 6.66. The second-order valence-corrected chi connectivity index (χ2v) is 7.79. The molecule has 2 N–H and O–H groups in total. The van der Waals surface area contributed by atoms with Crippen molar-refractivity contribution >= 4 is 11.2 Å². The van der Waals surface area contributed by atoms with Gasteiger partial charge in [-0.05, 0) is 37.3 Å². The van der Waals surface area contributed by atoms with E-state index in [4.69, 9.17) is 4.98 Å². The van der Waals surface area contributed by atoms with Gasteiger partial charge in [-0.2, -0.15) is 4.52 Å². The molecular weight excluding hydrogens is 374 g/mol. The monoisotopic (exact) mass is 397 g/mol. The summed E-state index contributed by atoms with van der Waals surface area (Å²) in [4.78, 5) is 18.4. The minimum absolute atomic E-state index is 0.0977. The van der Waals surface area contributed by atoms with Crippen LogP contribution in [0.15, 0.2) is 71.5 Å². The first-order valence-corrected chi connectivity index (χ1v) is 10.3. The highest BCUT2D eigenvalue weighted by Crippen LogP contribution is 2.35. The van der Waals surface area contributed by atoms with Crippen molar-refractivity contribution in [1.82, 2.24) is 14.6 Å². The van der Waals surface area contributed by atoms with Crippen molar-refractivity contribution in [2.24, 2.45) is 0 Å². The highest BCUT2D eigenvalue weighted by Gasteiger charge is 2.23. The topological polar surface area (TPSA) is 70.4 Å². The van der Waals surface area contributed by atoms with Gasteiger partial charge >= 0.3 is 0 Å². The third-order valence-corrected chi connectivity index (χ3v) is 5.79. The normalized spacial score (nSPS) is 16.6. The molecule has 2 heterocycles. The Morgan fingerprint density at radius 2 is 1.67 bits per heavy atom. The van der Waals surface area contributed by atoms with Crippen LogP contribution >= 0.6 is 0 Å². The summed E-state index contributed by atoms with van der Waals surface area (Å²) in [6, 6.07) is 20.0. The van der Waals surface area contributed by atoms with Crippen molar-refractivity contribution in [2.45, 2.75) is 32.3 Å². The van der Waals surface area contributed by atoms with Gasteiger partial charge in [-0.3, -0.25) is 9.89 Å². The Morgan fingerprint density at radius 3 is 2.30 bits per heavy atom. The van der Waals surface area contributed by atoms with Gasteiger partial charge in [0.2, 0.25) is 0 Å². The number of rotatable bonds is 3. The predicted molar refractivity (Wildman–Crippen MR) is 119 cm³/mol. The van der Waals surface area contributed by atoms with Crippen LogP contribution in [-0.4, -0.2) is 25.8 Å². The van der Waals surface area contributed by atoms with Crippen LogP contribution in [0.2, 0.25) is 0 Å². The van der Waals surface area contributed by atoms with Gasteiger partial charge in [-0.25, -0.2) is 4.98 Å². The average molecular weight is 397 g/mol. The molecule has 0 bridgehead atoms. The largest absolute Gasteiger partial charge is 0.393 e. The third kappa shape index (κ3) is 3.08. The summed E-state index contributed by atoms with van der Waals surface area (Å²) in [6.07, 6.45) is 3.58. The van der Waals surface area contributed by atoms with Crippen molar-refractivity contribution in [3.8, 4) is 22.4 Å². The van der Waals surface area contributed by atoms with Gasteiger partial charge in [-0.1, -0.05) is 66.7 Å². The van der Waals surface area contributed by atoms with E-state index < -0.39 is 0 Å². The van der Waals surface area contributed by atoms with Crippen molar-refractivity contribution in [1.29, 1.82) is 0 Å². The van der Waals surface area contributed by atoms with Crippen molar-refractivity contribution in [3.63, 3.8) is 0 Å². The minimum Gasteiger partial charge on any atom is -0.393 e. The van der Waals surface area contributed by atoms with Gasteiger partial charge in [0.25, 0.3) is 5.56 Å². The number of aryl methyl sites for hydroxylation is 1. The first kappa shape index (κ1) is 18.6. The molecule has 1 unspecified atom stereocenters. The van der Waals surface area contributed by atoms with Crippen LogP contribution in [-0.2, 0) is 0 Å². The lowest BCUT2D eigenvalue weighted by molar-refractivity contribution is 0.166. The van der Waals surface area contributed by atoms with E-state index in [0.29, 0.717) is 30.5 Å². The molecular formula is C25H23N3O2. The number of nitrogens with zero attached hydrogens (tertiary/aromatic N) is 2. The maximum atomic E-state index is 13.5. The fourth-order valence-corrected chi connectivity index (χ4v) is 4.29. The molecule has 5 rings (SSSR count). The maximum Gasteiger partial charge on any atom is 0.280 e. The number of aliphatic hydroxyl groups is 1. The molecule has 1 atom stereocenters. The lowest BCUT2D eigenvalue weighted by Crippen LogP contribution is -2.23. The van der Waals surface area contributed by atoms with Crippen LogP contribution in [0.3, 0.4) is 0 Å². The van der Waals surface area contributed by atoms with Crippen LogP contribution in [0, 0.1) is 6.92 Å². The molecule has 0 spiro atoms. The fraction of sp³-hybridized carbons (Fsp3) is 0.200. The van der Waals surface area contributed by atoms with Crippen molar-refractivity contribution < 1.29 is 5.11 Å². The number of hydrogen-bond donors (Lipinski definition) is 2. The maximum absolute atomic E-state index is 13.5. The number of hydrogen-bond acceptors (Lipinski definition) is 3. The molecule has 1 aliphatic rings. The first-order chi connectivity index (χ1) is 14.6. The fourth-order valence-electron chi connectivity index (χ4n) is 4.29. The number of nitrogens with one attached hydrogen (secondary N) is 1. The third-order valence-electron chi connectivity index (χ3n) is 5.79. The zero-order valence-corrected chi connectivity index (χ0v) is 16.8. The van der Waals surface area contributed by atoms with Gasteiger partial charge in [0.1, 0.15) is 0 Å². The Kier molecular flexibility index (Phi) is 4.60. The molecule has 150 valence electrons. The molecule has 0 saturated heterocycles. The van der Waals surface area contributed by atoms with E-state index in [0.717, 1.165) is 33.7 Å². The molecule has 1 aliphatic carbocycles. The lowest BCUT2D eigenvalue weighted by Gasteiger charge is -2.18. The van der Waals surface area contributed by atoms with Gasteiger partial charge in [0, 0.05) is 5.56 Å². The molecule has 4 aromatic rings. The Hall–Kier alpha value is -3.44. The molecule has 5 nitrogen and oxygen atoms in total. The van der Waals surface area contributed by atoms with Gasteiger partial charge in [0.05, 0.1) is 28.6 Å². The molecule has 0 aliphatic heterocycles. The van der Waals surface area contributed by atoms with Gasteiger partial charge in [-0.15, -0.1) is 0 Å². The Bertz CT molecular complexity index is 1300. The second-order valence-electron chi connectivity index (χ2n) is 7.79. The van der Waals surface area contributed by atoms with Crippen molar-refractivity contribution in [3.05, 3.63) is 88.4 Å². The average Bonchev–Trinajstić information content (AvgIpc) is 3.16. The van der Waals surface area contributed by atoms with Crippen LogP contribution in [0.1, 0.15) is 30.5 Å². The second kappa shape index (κ2) is 7.43.